The summed E-state index contributed by atoms with van der Waals surface area (Å²) in [4.78, 5) is 4.44. The van der Waals surface area contributed by atoms with Gasteiger partial charge in [-0.05, 0) is 38.1 Å². The molecule has 2 heterocycles. The van der Waals surface area contributed by atoms with Gasteiger partial charge in [0.15, 0.2) is 0 Å². The lowest BCUT2D eigenvalue weighted by atomic mass is 10.1. The fraction of sp³-hybridized carbons (Fsp3) is 0.500. The van der Waals surface area contributed by atoms with Crippen LogP contribution in [-0.2, 0) is 19.4 Å². The Balaban J connectivity index is 2.25. The molecular formula is C16H24N4. The highest BCUT2D eigenvalue weighted by molar-refractivity contribution is 5.17. The van der Waals surface area contributed by atoms with Crippen LogP contribution in [0, 0.1) is 0 Å². The summed E-state index contributed by atoms with van der Waals surface area (Å²) in [5, 5.41) is 8.21. The van der Waals surface area contributed by atoms with E-state index >= 15 is 0 Å². The minimum atomic E-state index is 0.266. The molecule has 108 valence electrons. The molecule has 20 heavy (non-hydrogen) atoms. The van der Waals surface area contributed by atoms with Gasteiger partial charge in [-0.3, -0.25) is 9.67 Å². The molecule has 0 saturated heterocycles. The number of aromatic nitrogens is 3. The molecular weight excluding hydrogens is 248 g/mol. The third kappa shape index (κ3) is 3.45. The highest BCUT2D eigenvalue weighted by Crippen LogP contribution is 2.19. The molecule has 2 rings (SSSR count). The molecule has 1 unspecified atom stereocenters. The highest BCUT2D eigenvalue weighted by Gasteiger charge is 2.17. The molecule has 1 N–H and O–H groups in total. The summed E-state index contributed by atoms with van der Waals surface area (Å²) >= 11 is 0. The molecule has 0 amide bonds. The van der Waals surface area contributed by atoms with Crippen LogP contribution in [0.2, 0.25) is 0 Å². The van der Waals surface area contributed by atoms with E-state index in [9.17, 15) is 0 Å². The number of aryl methyl sites for hydroxylation is 2. The van der Waals surface area contributed by atoms with Crippen LogP contribution >= 0.6 is 0 Å². The summed E-state index contributed by atoms with van der Waals surface area (Å²) in [5.41, 5.74) is 3.53. The molecule has 0 aliphatic heterocycles. The maximum atomic E-state index is 4.65. The Bertz CT molecular complexity index is 519. The van der Waals surface area contributed by atoms with E-state index in [4.69, 9.17) is 0 Å². The molecule has 0 bridgehead atoms. The number of hydrogen-bond donors (Lipinski definition) is 1. The van der Waals surface area contributed by atoms with E-state index in [1.54, 1.807) is 0 Å². The first-order valence-corrected chi connectivity index (χ1v) is 7.48. The van der Waals surface area contributed by atoms with Crippen LogP contribution in [0.1, 0.15) is 43.9 Å². The van der Waals surface area contributed by atoms with E-state index in [2.05, 4.69) is 53.0 Å². The van der Waals surface area contributed by atoms with E-state index in [0.29, 0.717) is 0 Å². The molecule has 1 atom stereocenters. The van der Waals surface area contributed by atoms with Crippen LogP contribution in [0.15, 0.2) is 30.5 Å². The lowest BCUT2D eigenvalue weighted by Gasteiger charge is -2.18. The highest BCUT2D eigenvalue weighted by atomic mass is 15.3. The third-order valence-electron chi connectivity index (χ3n) is 3.47. The van der Waals surface area contributed by atoms with Gasteiger partial charge >= 0.3 is 0 Å². The maximum Gasteiger partial charge on any atom is 0.0625 e. The Morgan fingerprint density at radius 1 is 1.20 bits per heavy atom. The fourth-order valence-electron chi connectivity index (χ4n) is 2.45. The summed E-state index contributed by atoms with van der Waals surface area (Å²) in [6, 6.07) is 8.57. The van der Waals surface area contributed by atoms with Crippen LogP contribution in [0.25, 0.3) is 0 Å². The summed E-state index contributed by atoms with van der Waals surface area (Å²) in [7, 11) is 0. The zero-order valence-electron chi connectivity index (χ0n) is 12.6. The normalized spacial score (nSPS) is 12.6. The Morgan fingerprint density at radius 2 is 2.05 bits per heavy atom. The Labute approximate surface area is 121 Å². The summed E-state index contributed by atoms with van der Waals surface area (Å²) < 4.78 is 2.11. The van der Waals surface area contributed by atoms with Crippen LogP contribution in [-0.4, -0.2) is 21.3 Å². The number of pyridine rings is 1. The lowest BCUT2D eigenvalue weighted by Crippen LogP contribution is -2.26. The Morgan fingerprint density at radius 3 is 2.65 bits per heavy atom. The van der Waals surface area contributed by atoms with Gasteiger partial charge < -0.3 is 5.32 Å². The zero-order chi connectivity index (χ0) is 14.4. The largest absolute Gasteiger partial charge is 0.309 e. The van der Waals surface area contributed by atoms with Gasteiger partial charge in [-0.15, -0.1) is 0 Å². The minimum Gasteiger partial charge on any atom is -0.309 e. The van der Waals surface area contributed by atoms with Gasteiger partial charge in [-0.2, -0.15) is 5.10 Å². The molecule has 4 heteroatoms. The average Bonchev–Trinajstić information content (AvgIpc) is 2.91. The molecule has 0 aliphatic rings. The predicted molar refractivity (Wildman–Crippen MR) is 81.6 cm³/mol. The quantitative estimate of drug-likeness (QED) is 0.843. The van der Waals surface area contributed by atoms with Crippen molar-refractivity contribution in [2.45, 2.75) is 46.2 Å². The van der Waals surface area contributed by atoms with Gasteiger partial charge in [-0.1, -0.05) is 19.9 Å². The summed E-state index contributed by atoms with van der Waals surface area (Å²) in [6.07, 6.45) is 3.72. The van der Waals surface area contributed by atoms with Crippen molar-refractivity contribution in [1.29, 1.82) is 0 Å². The van der Waals surface area contributed by atoms with Gasteiger partial charge in [0.1, 0.15) is 0 Å². The minimum absolute atomic E-state index is 0.266. The topological polar surface area (TPSA) is 42.7 Å². The standard InChI is InChI=1S/C16H24N4/c1-4-13-12-16(20(6-3)19-13)15(17-5-2)11-14-9-7-8-10-18-14/h7-10,12,15,17H,4-6,11H2,1-3H3. The second-order valence-electron chi connectivity index (χ2n) is 4.87. The van der Waals surface area contributed by atoms with Crippen molar-refractivity contribution >= 4 is 0 Å². The van der Waals surface area contributed by atoms with Crippen molar-refractivity contribution in [3.05, 3.63) is 47.5 Å². The molecule has 2 aromatic heterocycles. The third-order valence-corrected chi connectivity index (χ3v) is 3.47. The second-order valence-corrected chi connectivity index (χ2v) is 4.87. The van der Waals surface area contributed by atoms with Gasteiger partial charge in [-0.25, -0.2) is 0 Å². The van der Waals surface area contributed by atoms with Crippen LogP contribution in [0.4, 0.5) is 0 Å². The van der Waals surface area contributed by atoms with Gasteiger partial charge in [0.25, 0.3) is 0 Å². The molecule has 0 aromatic carbocycles. The van der Waals surface area contributed by atoms with Crippen LogP contribution in [0.5, 0.6) is 0 Å². The number of rotatable bonds is 7. The van der Waals surface area contributed by atoms with Crippen molar-refractivity contribution in [1.82, 2.24) is 20.1 Å². The van der Waals surface area contributed by atoms with Crippen molar-refractivity contribution in [2.75, 3.05) is 6.54 Å². The van der Waals surface area contributed by atoms with Gasteiger partial charge in [0, 0.05) is 24.9 Å². The average molecular weight is 272 g/mol. The Hall–Kier alpha value is -1.68. The zero-order valence-corrected chi connectivity index (χ0v) is 12.6. The Kier molecular flexibility index (Phi) is 5.30. The number of nitrogens with one attached hydrogen (secondary N) is 1. The van der Waals surface area contributed by atoms with E-state index in [1.165, 1.54) is 5.69 Å². The van der Waals surface area contributed by atoms with Gasteiger partial charge in [0.05, 0.1) is 17.4 Å². The molecule has 0 aliphatic carbocycles. The molecule has 0 saturated carbocycles. The molecule has 4 nitrogen and oxygen atoms in total. The summed E-state index contributed by atoms with van der Waals surface area (Å²) in [5.74, 6) is 0. The molecule has 0 fully saturated rings. The monoisotopic (exact) mass is 272 g/mol. The number of nitrogens with zero attached hydrogens (tertiary/aromatic N) is 3. The van der Waals surface area contributed by atoms with E-state index in [0.717, 1.165) is 37.3 Å². The number of likely N-dealkylation sites (N-methyl/N-ethyl adjacent to an activating group) is 1. The molecule has 2 aromatic rings. The molecule has 0 radical (unpaired) electrons. The van der Waals surface area contributed by atoms with Crippen molar-refractivity contribution < 1.29 is 0 Å². The predicted octanol–water partition coefficient (Wildman–Crippen LogP) is 2.75. The van der Waals surface area contributed by atoms with E-state index < -0.39 is 0 Å². The lowest BCUT2D eigenvalue weighted by molar-refractivity contribution is 0.486. The van der Waals surface area contributed by atoms with Crippen molar-refractivity contribution in [3.63, 3.8) is 0 Å². The second kappa shape index (κ2) is 7.20. The van der Waals surface area contributed by atoms with Crippen molar-refractivity contribution in [2.24, 2.45) is 0 Å². The first kappa shape index (κ1) is 14.7. The van der Waals surface area contributed by atoms with E-state index in [-0.39, 0.29) is 6.04 Å². The summed E-state index contributed by atoms with van der Waals surface area (Å²) in [6.45, 7) is 8.26. The van der Waals surface area contributed by atoms with E-state index in [1.807, 2.05) is 18.3 Å². The van der Waals surface area contributed by atoms with Crippen LogP contribution in [0.3, 0.4) is 0 Å². The molecule has 0 spiro atoms. The number of hydrogen-bond acceptors (Lipinski definition) is 3. The van der Waals surface area contributed by atoms with Crippen LogP contribution < -0.4 is 5.32 Å². The first-order valence-electron chi connectivity index (χ1n) is 7.48. The fourth-order valence-corrected chi connectivity index (χ4v) is 2.45. The SMILES string of the molecule is CCNC(Cc1ccccn1)c1cc(CC)nn1CC. The smallest absolute Gasteiger partial charge is 0.0625 e. The maximum absolute atomic E-state index is 4.65. The van der Waals surface area contributed by atoms with Gasteiger partial charge in [0.2, 0.25) is 0 Å². The van der Waals surface area contributed by atoms with Crippen molar-refractivity contribution in [3.8, 4) is 0 Å². The first-order chi connectivity index (χ1) is 9.78.